The normalized spacial score (nSPS) is 11.3. The van der Waals surface area contributed by atoms with Crippen molar-refractivity contribution >= 4 is 0 Å². The topological polar surface area (TPSA) is 135 Å². The van der Waals surface area contributed by atoms with Gasteiger partial charge in [-0.05, 0) is 28.1 Å². The van der Waals surface area contributed by atoms with Gasteiger partial charge in [0.25, 0.3) is 12.3 Å². The molecule has 0 saturated carbocycles. The van der Waals surface area contributed by atoms with Crippen molar-refractivity contribution in [3.63, 3.8) is 0 Å². The van der Waals surface area contributed by atoms with E-state index in [1.807, 2.05) is 6.07 Å². The van der Waals surface area contributed by atoms with Crippen molar-refractivity contribution in [1.29, 1.82) is 0 Å². The Bertz CT molecular complexity index is 1400. The summed E-state index contributed by atoms with van der Waals surface area (Å²) in [5.41, 5.74) is 1.81. The van der Waals surface area contributed by atoms with E-state index in [4.69, 9.17) is 9.26 Å². The van der Waals surface area contributed by atoms with Crippen molar-refractivity contribution < 1.29 is 22.4 Å². The van der Waals surface area contributed by atoms with Crippen LogP contribution in [0.3, 0.4) is 0 Å². The molecule has 0 unspecified atom stereocenters. The van der Waals surface area contributed by atoms with Crippen LogP contribution in [-0.2, 0) is 20.0 Å². The van der Waals surface area contributed by atoms with Gasteiger partial charge in [-0.15, -0.1) is 5.10 Å². The third-order valence-electron chi connectivity index (χ3n) is 4.88. The van der Waals surface area contributed by atoms with Crippen molar-refractivity contribution in [1.82, 2.24) is 50.1 Å². The van der Waals surface area contributed by atoms with E-state index in [9.17, 15) is 13.2 Å². The first-order valence-corrected chi connectivity index (χ1v) is 10.1. The number of halogens is 3. The largest absolute Gasteiger partial charge is 0.471 e. The Morgan fingerprint density at radius 2 is 2.03 bits per heavy atom. The van der Waals surface area contributed by atoms with E-state index >= 15 is 0 Å². The lowest BCUT2D eigenvalue weighted by Crippen LogP contribution is -2.07. The van der Waals surface area contributed by atoms with Gasteiger partial charge in [0.2, 0.25) is 11.7 Å². The van der Waals surface area contributed by atoms with Gasteiger partial charge >= 0.3 is 0 Å². The third kappa shape index (κ3) is 4.83. The highest BCUT2D eigenvalue weighted by Crippen LogP contribution is 2.27. The Labute approximate surface area is 194 Å². The van der Waals surface area contributed by atoms with E-state index in [2.05, 4.69) is 40.7 Å². The number of alkyl halides is 3. The molecule has 178 valence electrons. The summed E-state index contributed by atoms with van der Waals surface area (Å²) in [7, 11) is 0. The zero-order chi connectivity index (χ0) is 24.2. The van der Waals surface area contributed by atoms with Crippen molar-refractivity contribution in [2.75, 3.05) is 0 Å². The molecule has 0 amide bonds. The summed E-state index contributed by atoms with van der Waals surface area (Å²) in [6, 6.07) is 4.32. The first-order chi connectivity index (χ1) is 17.1. The van der Waals surface area contributed by atoms with Crippen LogP contribution in [0.2, 0.25) is 0 Å². The van der Waals surface area contributed by atoms with Crippen LogP contribution < -0.4 is 4.74 Å². The molecule has 0 fully saturated rings. The summed E-state index contributed by atoms with van der Waals surface area (Å²) in [6.07, 6.45) is 4.46. The first-order valence-electron chi connectivity index (χ1n) is 10.1. The Morgan fingerprint density at radius 3 is 2.77 bits per heavy atom. The first kappa shape index (κ1) is 22.1. The molecule has 12 nitrogen and oxygen atoms in total. The molecule has 0 atom stereocenters. The molecule has 0 aliphatic rings. The molecule has 5 aromatic heterocycles. The minimum Gasteiger partial charge on any atom is -0.471 e. The zero-order valence-corrected chi connectivity index (χ0v) is 17.7. The Balaban J connectivity index is 1.36. The standard InChI is InChI=1S/C20H15F3N10O2/c21-10-33-16(9-34-17-2-1-13(6-25-17)18(22)23)15(7-27-33)20-28-19(29-35-20)14-3-12(4-24-5-14)8-32-11-26-30-31-32/h1-7,11,18H,8-10H2. The molecule has 0 saturated heterocycles. The van der Waals surface area contributed by atoms with Crippen LogP contribution in [0.4, 0.5) is 13.2 Å². The molecule has 5 heterocycles. The summed E-state index contributed by atoms with van der Waals surface area (Å²) >= 11 is 0. The second-order valence-electron chi connectivity index (χ2n) is 7.16. The quantitative estimate of drug-likeness (QED) is 0.307. The fourth-order valence-electron chi connectivity index (χ4n) is 3.18. The molecule has 0 radical (unpaired) electrons. The zero-order valence-electron chi connectivity index (χ0n) is 17.7. The average Bonchev–Trinajstić information content (AvgIpc) is 3.64. The van der Waals surface area contributed by atoms with Crippen LogP contribution in [0.25, 0.3) is 22.8 Å². The monoisotopic (exact) mass is 484 g/mol. The maximum absolute atomic E-state index is 13.5. The van der Waals surface area contributed by atoms with Crippen molar-refractivity contribution in [3.05, 3.63) is 66.1 Å². The number of hydrogen-bond donors (Lipinski definition) is 0. The predicted octanol–water partition coefficient (Wildman–Crippen LogP) is 2.87. The van der Waals surface area contributed by atoms with Crippen molar-refractivity contribution in [2.45, 2.75) is 26.4 Å². The molecule has 35 heavy (non-hydrogen) atoms. The maximum atomic E-state index is 13.5. The fraction of sp³-hybridized carbons (Fsp3) is 0.200. The number of nitrogens with zero attached hydrogens (tertiary/aromatic N) is 10. The molecule has 0 aromatic carbocycles. The molecule has 5 aromatic rings. The highest BCUT2D eigenvalue weighted by atomic mass is 19.3. The SMILES string of the molecule is FCn1ncc(-c2nc(-c3cncc(Cn4cnnn4)c3)no2)c1COc1ccc(C(F)F)cn1. The van der Waals surface area contributed by atoms with Crippen molar-refractivity contribution in [2.24, 2.45) is 0 Å². The molecule has 0 N–H and O–H groups in total. The number of rotatable bonds is 9. The number of aromatic nitrogens is 10. The predicted molar refractivity (Wildman–Crippen MR) is 110 cm³/mol. The van der Waals surface area contributed by atoms with Gasteiger partial charge in [-0.2, -0.15) is 10.1 Å². The second kappa shape index (κ2) is 9.66. The highest BCUT2D eigenvalue weighted by molar-refractivity contribution is 5.60. The smallest absolute Gasteiger partial charge is 0.265 e. The molecule has 15 heteroatoms. The molecular weight excluding hydrogens is 469 g/mol. The molecular formula is C20H15F3N10O2. The Morgan fingerprint density at radius 1 is 1.11 bits per heavy atom. The molecule has 0 aliphatic heterocycles. The van der Waals surface area contributed by atoms with Gasteiger partial charge in [-0.1, -0.05) is 5.16 Å². The second-order valence-corrected chi connectivity index (χ2v) is 7.16. The summed E-state index contributed by atoms with van der Waals surface area (Å²) in [6.45, 7) is -0.697. The summed E-state index contributed by atoms with van der Waals surface area (Å²) in [5, 5.41) is 19.0. The lowest BCUT2D eigenvalue weighted by Gasteiger charge is -2.08. The average molecular weight is 484 g/mol. The van der Waals surface area contributed by atoms with Gasteiger partial charge in [0.15, 0.2) is 6.80 Å². The lowest BCUT2D eigenvalue weighted by molar-refractivity contribution is 0.150. The Kier molecular flexibility index (Phi) is 6.11. The fourth-order valence-corrected chi connectivity index (χ4v) is 3.18. The van der Waals surface area contributed by atoms with Gasteiger partial charge in [-0.3, -0.25) is 4.98 Å². The van der Waals surface area contributed by atoms with Gasteiger partial charge < -0.3 is 9.26 Å². The number of tetrazole rings is 1. The van der Waals surface area contributed by atoms with E-state index in [0.29, 0.717) is 23.4 Å². The van der Waals surface area contributed by atoms with E-state index in [1.165, 1.54) is 29.3 Å². The van der Waals surface area contributed by atoms with Crippen LogP contribution in [0.15, 0.2) is 53.8 Å². The van der Waals surface area contributed by atoms with Crippen LogP contribution >= 0.6 is 0 Å². The minimum absolute atomic E-state index is 0.0867. The summed E-state index contributed by atoms with van der Waals surface area (Å²) in [5.74, 6) is 0.434. The van der Waals surface area contributed by atoms with Gasteiger partial charge in [0, 0.05) is 35.8 Å². The third-order valence-corrected chi connectivity index (χ3v) is 4.88. The number of pyridine rings is 2. The van der Waals surface area contributed by atoms with Gasteiger partial charge in [0.05, 0.1) is 24.0 Å². The molecule has 5 rings (SSSR count). The summed E-state index contributed by atoms with van der Waals surface area (Å²) < 4.78 is 52.5. The maximum Gasteiger partial charge on any atom is 0.265 e. The van der Waals surface area contributed by atoms with E-state index in [0.717, 1.165) is 16.4 Å². The van der Waals surface area contributed by atoms with Crippen LogP contribution in [0, 0.1) is 0 Å². The molecule has 0 spiro atoms. The van der Waals surface area contributed by atoms with Gasteiger partial charge in [-0.25, -0.2) is 27.5 Å². The van der Waals surface area contributed by atoms with E-state index < -0.39 is 13.2 Å². The molecule has 0 bridgehead atoms. The number of ether oxygens (including phenoxy) is 1. The van der Waals surface area contributed by atoms with Crippen molar-refractivity contribution in [3.8, 4) is 28.7 Å². The Hall–Kier alpha value is -4.69. The highest BCUT2D eigenvalue weighted by Gasteiger charge is 2.20. The van der Waals surface area contributed by atoms with E-state index in [-0.39, 0.29) is 29.8 Å². The molecule has 0 aliphatic carbocycles. The lowest BCUT2D eigenvalue weighted by atomic mass is 10.2. The summed E-state index contributed by atoms with van der Waals surface area (Å²) in [4.78, 5) is 12.4. The van der Waals surface area contributed by atoms with Gasteiger partial charge in [0.1, 0.15) is 12.9 Å². The van der Waals surface area contributed by atoms with Crippen LogP contribution in [0.1, 0.15) is 23.2 Å². The van der Waals surface area contributed by atoms with Crippen LogP contribution in [0.5, 0.6) is 5.88 Å². The minimum atomic E-state index is -2.64. The number of hydrogen-bond acceptors (Lipinski definition) is 10. The van der Waals surface area contributed by atoms with E-state index in [1.54, 1.807) is 12.4 Å². The van der Waals surface area contributed by atoms with Crippen LogP contribution in [-0.4, -0.2) is 50.1 Å².